The Hall–Kier alpha value is -1.30. The highest BCUT2D eigenvalue weighted by atomic mass is 16.2. The number of aliphatic hydroxyl groups is 1. The van der Waals surface area contributed by atoms with E-state index >= 15 is 0 Å². The molecule has 1 atom stereocenters. The predicted octanol–water partition coefficient (Wildman–Crippen LogP) is 1.87. The van der Waals surface area contributed by atoms with Crippen molar-refractivity contribution in [3.8, 4) is 11.8 Å². The summed E-state index contributed by atoms with van der Waals surface area (Å²) in [7, 11) is 0. The van der Waals surface area contributed by atoms with Crippen molar-refractivity contribution in [2.75, 3.05) is 19.7 Å². The second-order valence-electron chi connectivity index (χ2n) is 4.75. The quantitative estimate of drug-likeness (QED) is 0.783. The highest BCUT2D eigenvalue weighted by Crippen LogP contribution is 2.19. The van der Waals surface area contributed by atoms with Gasteiger partial charge in [-0.3, -0.25) is 4.90 Å². The first-order valence-electron chi connectivity index (χ1n) is 6.19. The van der Waals surface area contributed by atoms with Crippen molar-refractivity contribution >= 4 is 0 Å². The number of hydrogen-bond donors (Lipinski definition) is 1. The average Bonchev–Trinajstić information content (AvgIpc) is 2.74. The second-order valence-corrected chi connectivity index (χ2v) is 4.75. The van der Waals surface area contributed by atoms with E-state index in [4.69, 9.17) is 5.11 Å². The first-order chi connectivity index (χ1) is 8.29. The lowest BCUT2D eigenvalue weighted by Crippen LogP contribution is -2.20. The zero-order valence-electron chi connectivity index (χ0n) is 10.3. The summed E-state index contributed by atoms with van der Waals surface area (Å²) in [5, 5.41) is 8.75. The molecule has 0 bridgehead atoms. The second kappa shape index (κ2) is 5.86. The Bertz CT molecular complexity index is 430. The molecule has 0 saturated carbocycles. The van der Waals surface area contributed by atoms with Crippen LogP contribution in [0.3, 0.4) is 0 Å². The van der Waals surface area contributed by atoms with E-state index in [1.165, 1.54) is 25.1 Å². The number of likely N-dealkylation sites (tertiary alicyclic amines) is 1. The van der Waals surface area contributed by atoms with Crippen molar-refractivity contribution in [2.24, 2.45) is 5.92 Å². The maximum absolute atomic E-state index is 8.75. The van der Waals surface area contributed by atoms with Crippen molar-refractivity contribution in [2.45, 2.75) is 19.9 Å². The van der Waals surface area contributed by atoms with Crippen LogP contribution in [0.2, 0.25) is 0 Å². The van der Waals surface area contributed by atoms with E-state index < -0.39 is 0 Å². The summed E-state index contributed by atoms with van der Waals surface area (Å²) < 4.78 is 0. The van der Waals surface area contributed by atoms with Gasteiger partial charge in [-0.15, -0.1) is 0 Å². The summed E-state index contributed by atoms with van der Waals surface area (Å²) in [6.45, 7) is 5.57. The van der Waals surface area contributed by atoms with Crippen LogP contribution in [0.4, 0.5) is 0 Å². The number of hydrogen-bond acceptors (Lipinski definition) is 2. The highest BCUT2D eigenvalue weighted by Gasteiger charge is 2.18. The molecule has 17 heavy (non-hydrogen) atoms. The summed E-state index contributed by atoms with van der Waals surface area (Å²) >= 11 is 0. The van der Waals surface area contributed by atoms with Crippen LogP contribution in [0.25, 0.3) is 0 Å². The summed E-state index contributed by atoms with van der Waals surface area (Å²) in [5.41, 5.74) is 2.31. The molecule has 1 aromatic carbocycles. The maximum atomic E-state index is 8.75. The topological polar surface area (TPSA) is 23.5 Å². The van der Waals surface area contributed by atoms with E-state index in [1.807, 2.05) is 12.1 Å². The minimum atomic E-state index is -0.0743. The van der Waals surface area contributed by atoms with E-state index in [9.17, 15) is 0 Å². The lowest BCUT2D eigenvalue weighted by molar-refractivity contribution is 0.320. The van der Waals surface area contributed by atoms with Crippen molar-refractivity contribution in [3.63, 3.8) is 0 Å². The smallest absolute Gasteiger partial charge is 0.104 e. The van der Waals surface area contributed by atoms with Gasteiger partial charge in [0, 0.05) is 18.7 Å². The van der Waals surface area contributed by atoms with E-state index in [0.29, 0.717) is 0 Å². The number of aliphatic hydroxyl groups excluding tert-OH is 1. The highest BCUT2D eigenvalue weighted by molar-refractivity contribution is 5.41. The Labute approximate surface area is 103 Å². The zero-order chi connectivity index (χ0) is 12.1. The van der Waals surface area contributed by atoms with Crippen LogP contribution in [0, 0.1) is 17.8 Å². The minimum absolute atomic E-state index is 0.0743. The van der Waals surface area contributed by atoms with Crippen molar-refractivity contribution in [3.05, 3.63) is 35.4 Å². The third-order valence-electron chi connectivity index (χ3n) is 3.22. The van der Waals surface area contributed by atoms with Gasteiger partial charge in [0.15, 0.2) is 0 Å². The van der Waals surface area contributed by atoms with Crippen molar-refractivity contribution in [1.82, 2.24) is 4.90 Å². The number of nitrogens with zero attached hydrogens (tertiary/aromatic N) is 1. The molecule has 2 rings (SSSR count). The first-order valence-corrected chi connectivity index (χ1v) is 6.19. The monoisotopic (exact) mass is 229 g/mol. The van der Waals surface area contributed by atoms with Gasteiger partial charge in [0.2, 0.25) is 0 Å². The molecule has 1 fully saturated rings. The van der Waals surface area contributed by atoms with Crippen LogP contribution in [-0.2, 0) is 6.54 Å². The van der Waals surface area contributed by atoms with Crippen LogP contribution in [0.5, 0.6) is 0 Å². The molecule has 2 nitrogen and oxygen atoms in total. The molecule has 0 aromatic heterocycles. The van der Waals surface area contributed by atoms with Gasteiger partial charge >= 0.3 is 0 Å². The molecule has 1 aromatic rings. The molecular weight excluding hydrogens is 210 g/mol. The largest absolute Gasteiger partial charge is 0.384 e. The van der Waals surface area contributed by atoms with E-state index in [0.717, 1.165) is 18.0 Å². The molecule has 0 radical (unpaired) electrons. The number of rotatable bonds is 2. The Morgan fingerprint density at radius 3 is 2.94 bits per heavy atom. The fourth-order valence-electron chi connectivity index (χ4n) is 2.33. The van der Waals surface area contributed by atoms with Crippen LogP contribution in [0.1, 0.15) is 24.5 Å². The molecule has 1 aliphatic rings. The van der Waals surface area contributed by atoms with Gasteiger partial charge in [-0.25, -0.2) is 0 Å². The lowest BCUT2D eigenvalue weighted by Gasteiger charge is -2.16. The molecule has 1 unspecified atom stereocenters. The molecule has 1 aliphatic heterocycles. The van der Waals surface area contributed by atoms with Crippen LogP contribution >= 0.6 is 0 Å². The Balaban J connectivity index is 2.09. The zero-order valence-corrected chi connectivity index (χ0v) is 10.3. The third-order valence-corrected chi connectivity index (χ3v) is 3.22. The minimum Gasteiger partial charge on any atom is -0.384 e. The summed E-state index contributed by atoms with van der Waals surface area (Å²) in [4.78, 5) is 2.48. The Morgan fingerprint density at radius 2 is 2.24 bits per heavy atom. The molecular formula is C15H19NO. The molecule has 2 heteroatoms. The average molecular weight is 229 g/mol. The van der Waals surface area contributed by atoms with Gasteiger partial charge in [0.25, 0.3) is 0 Å². The Morgan fingerprint density at radius 1 is 1.41 bits per heavy atom. The molecule has 0 spiro atoms. The maximum Gasteiger partial charge on any atom is 0.104 e. The third kappa shape index (κ3) is 3.33. The molecule has 0 amide bonds. The summed E-state index contributed by atoms with van der Waals surface area (Å²) in [6, 6.07) is 8.21. The van der Waals surface area contributed by atoms with Gasteiger partial charge < -0.3 is 5.11 Å². The van der Waals surface area contributed by atoms with Gasteiger partial charge in [0.05, 0.1) is 0 Å². The normalized spacial score (nSPS) is 20.0. The number of benzene rings is 1. The SMILES string of the molecule is CC1CCN(Cc2ccccc2C#CCO)C1. The molecule has 1 saturated heterocycles. The molecule has 1 N–H and O–H groups in total. The van der Waals surface area contributed by atoms with Crippen LogP contribution in [0.15, 0.2) is 24.3 Å². The van der Waals surface area contributed by atoms with Gasteiger partial charge in [-0.2, -0.15) is 0 Å². The summed E-state index contributed by atoms with van der Waals surface area (Å²) in [6.07, 6.45) is 1.30. The van der Waals surface area contributed by atoms with Crippen LogP contribution in [-0.4, -0.2) is 29.7 Å². The van der Waals surface area contributed by atoms with Gasteiger partial charge in [-0.1, -0.05) is 37.0 Å². The fraction of sp³-hybridized carbons (Fsp3) is 0.467. The first kappa shape index (κ1) is 12.2. The van der Waals surface area contributed by atoms with Crippen molar-refractivity contribution < 1.29 is 5.11 Å². The van der Waals surface area contributed by atoms with E-state index in [2.05, 4.69) is 35.8 Å². The molecule has 1 heterocycles. The standard InChI is InChI=1S/C15H19NO/c1-13-8-9-16(11-13)12-15-6-3-2-5-14(15)7-4-10-17/h2-3,5-6,13,17H,8-12H2,1H3. The fourth-order valence-corrected chi connectivity index (χ4v) is 2.33. The van der Waals surface area contributed by atoms with Gasteiger partial charge in [0.1, 0.15) is 6.61 Å². The molecule has 0 aliphatic carbocycles. The predicted molar refractivity (Wildman–Crippen MR) is 69.5 cm³/mol. The summed E-state index contributed by atoms with van der Waals surface area (Å²) in [5.74, 6) is 6.56. The van der Waals surface area contributed by atoms with E-state index in [1.54, 1.807) is 0 Å². The van der Waals surface area contributed by atoms with Gasteiger partial charge in [-0.05, 0) is 30.5 Å². The van der Waals surface area contributed by atoms with E-state index in [-0.39, 0.29) is 6.61 Å². The van der Waals surface area contributed by atoms with Crippen LogP contribution < -0.4 is 0 Å². The molecule has 90 valence electrons. The Kier molecular flexibility index (Phi) is 4.19. The van der Waals surface area contributed by atoms with Crippen molar-refractivity contribution in [1.29, 1.82) is 0 Å². The lowest BCUT2D eigenvalue weighted by atomic mass is 10.1.